The number of benzene rings is 2. The van der Waals surface area contributed by atoms with Crippen molar-refractivity contribution in [3.05, 3.63) is 62.8 Å². The monoisotopic (exact) mass is 456 g/mol. The quantitative estimate of drug-likeness (QED) is 0.458. The lowest BCUT2D eigenvalue weighted by atomic mass is 10.2. The summed E-state index contributed by atoms with van der Waals surface area (Å²) < 4.78 is 16.2. The SMILES string of the molecule is Nn1c(SCc2ccc(F)cc2Br)nnc1-c1ccccc1Br. The maximum atomic E-state index is 13.1. The van der Waals surface area contributed by atoms with Gasteiger partial charge in [-0.3, -0.25) is 0 Å². The summed E-state index contributed by atoms with van der Waals surface area (Å²) in [6, 6.07) is 12.3. The molecule has 0 saturated carbocycles. The average Bonchev–Trinajstić information content (AvgIpc) is 2.88. The first-order valence-corrected chi connectivity index (χ1v) is 9.15. The van der Waals surface area contributed by atoms with E-state index in [2.05, 4.69) is 42.1 Å². The molecule has 0 aliphatic carbocycles. The van der Waals surface area contributed by atoms with Gasteiger partial charge in [-0.05, 0) is 29.8 Å². The first-order valence-electron chi connectivity index (χ1n) is 6.58. The van der Waals surface area contributed by atoms with Crippen LogP contribution in [-0.2, 0) is 5.75 Å². The van der Waals surface area contributed by atoms with Gasteiger partial charge in [-0.1, -0.05) is 61.8 Å². The molecule has 0 bridgehead atoms. The summed E-state index contributed by atoms with van der Waals surface area (Å²) in [4.78, 5) is 0. The molecule has 2 aromatic carbocycles. The van der Waals surface area contributed by atoms with Gasteiger partial charge < -0.3 is 5.84 Å². The third kappa shape index (κ3) is 3.59. The predicted molar refractivity (Wildman–Crippen MR) is 97.0 cm³/mol. The van der Waals surface area contributed by atoms with Crippen LogP contribution in [0.3, 0.4) is 0 Å². The number of nitrogens with zero attached hydrogens (tertiary/aromatic N) is 3. The first kappa shape index (κ1) is 16.5. The van der Waals surface area contributed by atoms with Gasteiger partial charge in [0.2, 0.25) is 5.16 Å². The predicted octanol–water partition coefficient (Wildman–Crippen LogP) is 4.62. The van der Waals surface area contributed by atoms with Crippen LogP contribution >= 0.6 is 43.6 Å². The van der Waals surface area contributed by atoms with E-state index < -0.39 is 0 Å². The minimum atomic E-state index is -0.274. The van der Waals surface area contributed by atoms with E-state index in [1.807, 2.05) is 24.3 Å². The van der Waals surface area contributed by atoms with Crippen LogP contribution in [0, 0.1) is 5.82 Å². The summed E-state index contributed by atoms with van der Waals surface area (Å²) in [5.74, 6) is 7.02. The van der Waals surface area contributed by atoms with Crippen LogP contribution < -0.4 is 5.84 Å². The number of thioether (sulfide) groups is 1. The molecule has 0 aliphatic rings. The van der Waals surface area contributed by atoms with Crippen molar-refractivity contribution < 1.29 is 4.39 Å². The Labute approximate surface area is 153 Å². The van der Waals surface area contributed by atoms with Crippen molar-refractivity contribution in [1.82, 2.24) is 14.9 Å². The van der Waals surface area contributed by atoms with E-state index in [9.17, 15) is 4.39 Å². The number of aromatic nitrogens is 3. The zero-order valence-corrected chi connectivity index (χ0v) is 15.7. The topological polar surface area (TPSA) is 56.7 Å². The molecule has 8 heteroatoms. The van der Waals surface area contributed by atoms with E-state index in [1.165, 1.54) is 28.6 Å². The molecule has 3 aromatic rings. The van der Waals surface area contributed by atoms with Gasteiger partial charge in [-0.2, -0.15) is 0 Å². The fraction of sp³-hybridized carbons (Fsp3) is 0.0667. The second-order valence-corrected chi connectivity index (χ2v) is 7.33. The molecule has 0 radical (unpaired) electrons. The molecule has 0 saturated heterocycles. The minimum absolute atomic E-state index is 0.274. The van der Waals surface area contributed by atoms with Crippen LogP contribution in [0.1, 0.15) is 5.56 Å². The van der Waals surface area contributed by atoms with Crippen LogP contribution in [0.4, 0.5) is 4.39 Å². The van der Waals surface area contributed by atoms with Gasteiger partial charge in [0.15, 0.2) is 5.82 Å². The molecule has 3 rings (SSSR count). The Balaban J connectivity index is 1.81. The molecule has 1 aromatic heterocycles. The van der Waals surface area contributed by atoms with Gasteiger partial charge in [0.1, 0.15) is 5.82 Å². The number of rotatable bonds is 4. The highest BCUT2D eigenvalue weighted by Gasteiger charge is 2.14. The van der Waals surface area contributed by atoms with E-state index in [0.29, 0.717) is 16.7 Å². The Morgan fingerprint density at radius 2 is 1.87 bits per heavy atom. The highest BCUT2D eigenvalue weighted by Crippen LogP contribution is 2.30. The molecule has 118 valence electrons. The molecule has 0 spiro atoms. The van der Waals surface area contributed by atoms with Crippen molar-refractivity contribution in [3.8, 4) is 11.4 Å². The third-order valence-corrected chi connectivity index (χ3v) is 5.57. The Morgan fingerprint density at radius 3 is 2.61 bits per heavy atom. The van der Waals surface area contributed by atoms with Crippen molar-refractivity contribution in [3.63, 3.8) is 0 Å². The normalized spacial score (nSPS) is 10.9. The van der Waals surface area contributed by atoms with Crippen LogP contribution in [-0.4, -0.2) is 14.9 Å². The highest BCUT2D eigenvalue weighted by atomic mass is 79.9. The maximum Gasteiger partial charge on any atom is 0.210 e. The Morgan fingerprint density at radius 1 is 1.09 bits per heavy atom. The van der Waals surface area contributed by atoms with Crippen LogP contribution in [0.5, 0.6) is 0 Å². The average molecular weight is 458 g/mol. The second-order valence-electron chi connectivity index (χ2n) is 4.68. The van der Waals surface area contributed by atoms with Crippen LogP contribution in [0.2, 0.25) is 0 Å². The fourth-order valence-electron chi connectivity index (χ4n) is 1.98. The largest absolute Gasteiger partial charge is 0.335 e. The van der Waals surface area contributed by atoms with Crippen molar-refractivity contribution in [2.75, 3.05) is 5.84 Å². The summed E-state index contributed by atoms with van der Waals surface area (Å²) in [7, 11) is 0. The smallest absolute Gasteiger partial charge is 0.210 e. The Bertz CT molecular complexity index is 853. The van der Waals surface area contributed by atoms with Gasteiger partial charge >= 0.3 is 0 Å². The lowest BCUT2D eigenvalue weighted by Gasteiger charge is -2.06. The molecule has 1 heterocycles. The van der Waals surface area contributed by atoms with Crippen molar-refractivity contribution in [2.45, 2.75) is 10.9 Å². The lowest BCUT2D eigenvalue weighted by molar-refractivity contribution is 0.626. The van der Waals surface area contributed by atoms with Crippen LogP contribution in [0.15, 0.2) is 56.6 Å². The van der Waals surface area contributed by atoms with Crippen molar-refractivity contribution in [1.29, 1.82) is 0 Å². The zero-order chi connectivity index (χ0) is 16.4. The summed E-state index contributed by atoms with van der Waals surface area (Å²) in [5.41, 5.74) is 1.83. The highest BCUT2D eigenvalue weighted by molar-refractivity contribution is 9.10. The van der Waals surface area contributed by atoms with Crippen molar-refractivity contribution >= 4 is 43.6 Å². The van der Waals surface area contributed by atoms with E-state index in [-0.39, 0.29) is 5.82 Å². The lowest BCUT2D eigenvalue weighted by Crippen LogP contribution is -2.11. The van der Waals surface area contributed by atoms with Crippen molar-refractivity contribution in [2.24, 2.45) is 0 Å². The Hall–Kier alpha value is -1.38. The molecular formula is C15H11Br2FN4S. The number of halogens is 3. The summed E-state index contributed by atoms with van der Waals surface area (Å²) in [6.07, 6.45) is 0. The van der Waals surface area contributed by atoms with Gasteiger partial charge in [-0.25, -0.2) is 9.07 Å². The van der Waals surface area contributed by atoms with Crippen LogP contribution in [0.25, 0.3) is 11.4 Å². The molecule has 0 aliphatic heterocycles. The molecule has 4 nitrogen and oxygen atoms in total. The minimum Gasteiger partial charge on any atom is -0.335 e. The standard InChI is InChI=1S/C15H11Br2FN4S/c16-12-4-2-1-3-11(12)14-20-21-15(22(14)19)23-8-9-5-6-10(18)7-13(9)17/h1-7H,8,19H2. The maximum absolute atomic E-state index is 13.1. The summed E-state index contributed by atoms with van der Waals surface area (Å²) in [6.45, 7) is 0. The molecule has 0 unspecified atom stereocenters. The van der Waals surface area contributed by atoms with Gasteiger partial charge in [-0.15, -0.1) is 10.2 Å². The number of nitrogens with two attached hydrogens (primary N) is 1. The number of nitrogen functional groups attached to an aromatic ring is 1. The summed E-state index contributed by atoms with van der Waals surface area (Å²) >= 11 is 8.28. The Kier molecular flexibility index (Phi) is 5.03. The number of hydrogen-bond donors (Lipinski definition) is 1. The molecule has 23 heavy (non-hydrogen) atoms. The first-order chi connectivity index (χ1) is 11.1. The van der Waals surface area contributed by atoms with Gasteiger partial charge in [0.25, 0.3) is 0 Å². The van der Waals surface area contributed by atoms with Gasteiger partial charge in [0, 0.05) is 20.3 Å². The molecule has 0 fully saturated rings. The number of hydrogen-bond acceptors (Lipinski definition) is 4. The molecule has 0 atom stereocenters. The zero-order valence-electron chi connectivity index (χ0n) is 11.7. The van der Waals surface area contributed by atoms with E-state index >= 15 is 0 Å². The van der Waals surface area contributed by atoms with E-state index in [0.717, 1.165) is 20.1 Å². The van der Waals surface area contributed by atoms with E-state index in [4.69, 9.17) is 5.84 Å². The molecule has 2 N–H and O–H groups in total. The summed E-state index contributed by atoms with van der Waals surface area (Å²) in [5, 5.41) is 8.89. The molecule has 0 amide bonds. The van der Waals surface area contributed by atoms with Gasteiger partial charge in [0.05, 0.1) is 0 Å². The second kappa shape index (κ2) is 7.02. The third-order valence-electron chi connectivity index (χ3n) is 3.15. The molecular weight excluding hydrogens is 447 g/mol. The fourth-order valence-corrected chi connectivity index (χ4v) is 3.98. The van der Waals surface area contributed by atoms with E-state index in [1.54, 1.807) is 6.07 Å².